The zero-order chi connectivity index (χ0) is 10.7. The van der Waals surface area contributed by atoms with Gasteiger partial charge in [0.2, 0.25) is 5.91 Å². The van der Waals surface area contributed by atoms with Crippen LogP contribution in [0.2, 0.25) is 0 Å². The van der Waals surface area contributed by atoms with E-state index in [1.54, 1.807) is 0 Å². The molecule has 2 heterocycles. The molecule has 4 heteroatoms. The quantitative estimate of drug-likeness (QED) is 0.691. The van der Waals surface area contributed by atoms with E-state index in [9.17, 15) is 4.79 Å². The Morgan fingerprint density at radius 3 is 2.87 bits per heavy atom. The molecule has 0 radical (unpaired) electrons. The number of hydrogen-bond donors (Lipinski definition) is 2. The summed E-state index contributed by atoms with van der Waals surface area (Å²) in [5.41, 5.74) is 0. The average Bonchev–Trinajstić information content (AvgIpc) is 2.74. The summed E-state index contributed by atoms with van der Waals surface area (Å²) in [6, 6.07) is 0.905. The third-order valence-electron chi connectivity index (χ3n) is 3.31. The molecule has 0 aromatic carbocycles. The monoisotopic (exact) mass is 212 g/mol. The number of nitrogens with one attached hydrogen (secondary N) is 2. The first-order valence-electron chi connectivity index (χ1n) is 5.87. The van der Waals surface area contributed by atoms with E-state index in [0.29, 0.717) is 18.7 Å². The largest absolute Gasteiger partial charge is 0.381 e. The van der Waals surface area contributed by atoms with Gasteiger partial charge in [-0.1, -0.05) is 0 Å². The molecule has 3 unspecified atom stereocenters. The van der Waals surface area contributed by atoms with E-state index in [-0.39, 0.29) is 11.8 Å². The highest BCUT2D eigenvalue weighted by Gasteiger charge is 2.26. The van der Waals surface area contributed by atoms with Crippen LogP contribution in [-0.4, -0.2) is 37.7 Å². The molecule has 86 valence electrons. The van der Waals surface area contributed by atoms with E-state index in [0.717, 1.165) is 32.4 Å². The zero-order valence-corrected chi connectivity index (χ0v) is 9.29. The predicted octanol–water partition coefficient (Wildman–Crippen LogP) is 0.280. The van der Waals surface area contributed by atoms with Crippen molar-refractivity contribution < 1.29 is 9.53 Å². The Balaban J connectivity index is 1.74. The standard InChI is InChI=1S/C11H20N2O2/c1-8-2-3-10(6-12-8)13-11(14)9-4-5-15-7-9/h8-10,12H,2-7H2,1H3,(H,13,14). The molecule has 2 N–H and O–H groups in total. The lowest BCUT2D eigenvalue weighted by Crippen LogP contribution is -2.50. The highest BCUT2D eigenvalue weighted by atomic mass is 16.5. The Morgan fingerprint density at radius 1 is 1.40 bits per heavy atom. The van der Waals surface area contributed by atoms with E-state index in [1.165, 1.54) is 0 Å². The van der Waals surface area contributed by atoms with E-state index >= 15 is 0 Å². The van der Waals surface area contributed by atoms with Gasteiger partial charge >= 0.3 is 0 Å². The molecule has 15 heavy (non-hydrogen) atoms. The second kappa shape index (κ2) is 4.94. The molecule has 1 amide bonds. The molecule has 0 aromatic rings. The summed E-state index contributed by atoms with van der Waals surface area (Å²) in [5.74, 6) is 0.262. The van der Waals surface area contributed by atoms with Gasteiger partial charge in [0.05, 0.1) is 12.5 Å². The van der Waals surface area contributed by atoms with Gasteiger partial charge in [-0.25, -0.2) is 0 Å². The van der Waals surface area contributed by atoms with Gasteiger partial charge < -0.3 is 15.4 Å². The first kappa shape index (κ1) is 10.9. The fourth-order valence-electron chi connectivity index (χ4n) is 2.18. The maximum absolute atomic E-state index is 11.8. The molecule has 0 bridgehead atoms. The minimum Gasteiger partial charge on any atom is -0.381 e. The van der Waals surface area contributed by atoms with Crippen molar-refractivity contribution in [3.05, 3.63) is 0 Å². The molecule has 2 saturated heterocycles. The lowest BCUT2D eigenvalue weighted by Gasteiger charge is -2.29. The topological polar surface area (TPSA) is 50.4 Å². The molecule has 0 aliphatic carbocycles. The number of carbonyl (C=O) groups is 1. The van der Waals surface area contributed by atoms with Gasteiger partial charge in [0, 0.05) is 25.2 Å². The SMILES string of the molecule is CC1CCC(NC(=O)C2CCOC2)CN1. The predicted molar refractivity (Wildman–Crippen MR) is 57.6 cm³/mol. The fraction of sp³-hybridized carbons (Fsp3) is 0.909. The summed E-state index contributed by atoms with van der Waals surface area (Å²) >= 11 is 0. The second-order valence-electron chi connectivity index (χ2n) is 4.65. The van der Waals surface area contributed by atoms with Crippen LogP contribution in [0.25, 0.3) is 0 Å². The van der Waals surface area contributed by atoms with Crippen LogP contribution in [0.3, 0.4) is 0 Å². The highest BCUT2D eigenvalue weighted by Crippen LogP contribution is 2.14. The third-order valence-corrected chi connectivity index (χ3v) is 3.31. The summed E-state index contributed by atoms with van der Waals surface area (Å²) in [7, 11) is 0. The van der Waals surface area contributed by atoms with Crippen molar-refractivity contribution in [3.8, 4) is 0 Å². The number of amides is 1. The summed E-state index contributed by atoms with van der Waals surface area (Å²) in [4.78, 5) is 11.8. The molecular formula is C11H20N2O2. The molecule has 0 aromatic heterocycles. The van der Waals surface area contributed by atoms with Crippen molar-refractivity contribution in [3.63, 3.8) is 0 Å². The minimum absolute atomic E-state index is 0.0874. The van der Waals surface area contributed by atoms with E-state index < -0.39 is 0 Å². The van der Waals surface area contributed by atoms with Gasteiger partial charge in [0.25, 0.3) is 0 Å². The van der Waals surface area contributed by atoms with Crippen LogP contribution in [0, 0.1) is 5.92 Å². The molecule has 3 atom stereocenters. The number of piperidine rings is 1. The van der Waals surface area contributed by atoms with Crippen molar-refractivity contribution in [1.82, 2.24) is 10.6 Å². The maximum atomic E-state index is 11.8. The van der Waals surface area contributed by atoms with Crippen molar-refractivity contribution in [2.24, 2.45) is 5.92 Å². The molecule has 0 saturated carbocycles. The van der Waals surface area contributed by atoms with Gasteiger partial charge in [0.1, 0.15) is 0 Å². The van der Waals surface area contributed by atoms with Crippen molar-refractivity contribution in [1.29, 1.82) is 0 Å². The summed E-state index contributed by atoms with van der Waals surface area (Å²) in [5, 5.41) is 6.48. The Kier molecular flexibility index (Phi) is 3.59. The summed E-state index contributed by atoms with van der Waals surface area (Å²) in [6.45, 7) is 4.42. The van der Waals surface area contributed by atoms with Crippen LogP contribution in [0.5, 0.6) is 0 Å². The molecule has 2 aliphatic heterocycles. The second-order valence-corrected chi connectivity index (χ2v) is 4.65. The Bertz CT molecular complexity index is 219. The number of hydrogen-bond acceptors (Lipinski definition) is 3. The Hall–Kier alpha value is -0.610. The first-order chi connectivity index (χ1) is 7.25. The van der Waals surface area contributed by atoms with Crippen molar-refractivity contribution in [2.45, 2.75) is 38.3 Å². The van der Waals surface area contributed by atoms with Gasteiger partial charge in [0.15, 0.2) is 0 Å². The third kappa shape index (κ3) is 2.92. The van der Waals surface area contributed by atoms with Gasteiger partial charge in [-0.3, -0.25) is 4.79 Å². The average molecular weight is 212 g/mol. The molecule has 0 spiro atoms. The van der Waals surface area contributed by atoms with E-state index in [4.69, 9.17) is 4.74 Å². The van der Waals surface area contributed by atoms with Crippen molar-refractivity contribution in [2.75, 3.05) is 19.8 Å². The number of carbonyl (C=O) groups excluding carboxylic acids is 1. The molecule has 2 fully saturated rings. The fourth-order valence-corrected chi connectivity index (χ4v) is 2.18. The Labute approximate surface area is 90.8 Å². The molecule has 2 rings (SSSR count). The van der Waals surface area contributed by atoms with Gasteiger partial charge in [-0.15, -0.1) is 0 Å². The molecular weight excluding hydrogens is 192 g/mol. The van der Waals surface area contributed by atoms with Gasteiger partial charge in [-0.05, 0) is 26.2 Å². The smallest absolute Gasteiger partial charge is 0.225 e. The molecule has 2 aliphatic rings. The van der Waals surface area contributed by atoms with Crippen LogP contribution >= 0.6 is 0 Å². The summed E-state index contributed by atoms with van der Waals surface area (Å²) in [6.07, 6.45) is 3.11. The highest BCUT2D eigenvalue weighted by molar-refractivity contribution is 5.79. The van der Waals surface area contributed by atoms with Crippen molar-refractivity contribution >= 4 is 5.91 Å². The zero-order valence-electron chi connectivity index (χ0n) is 9.29. The normalized spacial score (nSPS) is 36.5. The molecule has 4 nitrogen and oxygen atoms in total. The summed E-state index contributed by atoms with van der Waals surface area (Å²) < 4.78 is 5.21. The van der Waals surface area contributed by atoms with Crippen LogP contribution in [0.15, 0.2) is 0 Å². The number of ether oxygens (including phenoxy) is 1. The Morgan fingerprint density at radius 2 is 2.27 bits per heavy atom. The first-order valence-corrected chi connectivity index (χ1v) is 5.87. The number of rotatable bonds is 2. The lowest BCUT2D eigenvalue weighted by molar-refractivity contribution is -0.125. The van der Waals surface area contributed by atoms with Crippen LogP contribution in [0.4, 0.5) is 0 Å². The van der Waals surface area contributed by atoms with Crippen LogP contribution in [-0.2, 0) is 9.53 Å². The lowest BCUT2D eigenvalue weighted by atomic mass is 10.0. The van der Waals surface area contributed by atoms with E-state index in [2.05, 4.69) is 17.6 Å². The van der Waals surface area contributed by atoms with Crippen LogP contribution < -0.4 is 10.6 Å². The van der Waals surface area contributed by atoms with E-state index in [1.807, 2.05) is 0 Å². The van der Waals surface area contributed by atoms with Crippen LogP contribution in [0.1, 0.15) is 26.2 Å². The van der Waals surface area contributed by atoms with Gasteiger partial charge in [-0.2, -0.15) is 0 Å². The maximum Gasteiger partial charge on any atom is 0.225 e. The minimum atomic E-state index is 0.0874.